The van der Waals surface area contributed by atoms with Crippen molar-refractivity contribution in [2.24, 2.45) is 0 Å². The molecule has 1 rings (SSSR count). The van der Waals surface area contributed by atoms with Gasteiger partial charge in [-0.3, -0.25) is 0 Å². The minimum atomic E-state index is -0.396. The Morgan fingerprint density at radius 2 is 2.12 bits per heavy atom. The van der Waals surface area contributed by atoms with Crippen LogP contribution in [-0.2, 0) is 0 Å². The van der Waals surface area contributed by atoms with Gasteiger partial charge in [-0.05, 0) is 32.1 Å². The van der Waals surface area contributed by atoms with Crippen molar-refractivity contribution in [1.29, 1.82) is 0 Å². The molecule has 0 aliphatic heterocycles. The summed E-state index contributed by atoms with van der Waals surface area (Å²) in [6.45, 7) is 5.83. The Kier molecular flexibility index (Phi) is 4.93. The van der Waals surface area contributed by atoms with Crippen molar-refractivity contribution in [3.05, 3.63) is 17.9 Å². The average molecular weight is 243 g/mol. The lowest BCUT2D eigenvalue weighted by molar-refractivity contribution is 0.230. The second-order valence-corrected chi connectivity index (χ2v) is 4.97. The molecule has 0 fully saturated rings. The highest BCUT2D eigenvalue weighted by molar-refractivity contribution is 7.99. The summed E-state index contributed by atoms with van der Waals surface area (Å²) in [6, 6.07) is 3.01. The maximum atomic E-state index is 13.5. The zero-order chi connectivity index (χ0) is 12.1. The van der Waals surface area contributed by atoms with Crippen molar-refractivity contribution < 1.29 is 9.13 Å². The number of anilines is 1. The van der Waals surface area contributed by atoms with Crippen molar-refractivity contribution in [2.75, 3.05) is 11.5 Å². The summed E-state index contributed by atoms with van der Waals surface area (Å²) in [5.74, 6) is 0.853. The first-order valence-electron chi connectivity index (χ1n) is 5.43. The molecule has 0 aliphatic rings. The van der Waals surface area contributed by atoms with Crippen LogP contribution < -0.4 is 10.5 Å². The van der Waals surface area contributed by atoms with Gasteiger partial charge in [-0.15, -0.1) is 11.8 Å². The van der Waals surface area contributed by atoms with Gasteiger partial charge in [-0.1, -0.05) is 6.92 Å². The van der Waals surface area contributed by atoms with Crippen molar-refractivity contribution >= 4 is 17.4 Å². The zero-order valence-corrected chi connectivity index (χ0v) is 10.7. The highest BCUT2D eigenvalue weighted by Gasteiger charge is 2.10. The molecule has 16 heavy (non-hydrogen) atoms. The van der Waals surface area contributed by atoms with Gasteiger partial charge in [0.25, 0.3) is 0 Å². The molecule has 0 unspecified atom stereocenters. The van der Waals surface area contributed by atoms with Crippen LogP contribution in [0.2, 0.25) is 0 Å². The standard InChI is InChI=1S/C12H18FNOS/c1-4-5-16-12-7-11(15-8(2)3)9(13)6-10(12)14/h6-8H,4-5,14H2,1-3H3. The number of thioether (sulfide) groups is 1. The smallest absolute Gasteiger partial charge is 0.167 e. The van der Waals surface area contributed by atoms with Crippen LogP contribution >= 0.6 is 11.8 Å². The van der Waals surface area contributed by atoms with E-state index < -0.39 is 5.82 Å². The van der Waals surface area contributed by atoms with Gasteiger partial charge in [0.2, 0.25) is 0 Å². The maximum absolute atomic E-state index is 13.5. The average Bonchev–Trinajstić information content (AvgIpc) is 2.20. The molecule has 90 valence electrons. The van der Waals surface area contributed by atoms with Crippen LogP contribution in [0.15, 0.2) is 17.0 Å². The predicted octanol–water partition coefficient (Wildman–Crippen LogP) is 3.70. The molecule has 1 aromatic rings. The van der Waals surface area contributed by atoms with E-state index in [9.17, 15) is 4.39 Å². The molecule has 0 saturated heterocycles. The third-order valence-electron chi connectivity index (χ3n) is 1.89. The van der Waals surface area contributed by atoms with E-state index in [0.29, 0.717) is 5.69 Å². The van der Waals surface area contributed by atoms with Crippen LogP contribution in [0.5, 0.6) is 5.75 Å². The van der Waals surface area contributed by atoms with Gasteiger partial charge < -0.3 is 10.5 Å². The summed E-state index contributed by atoms with van der Waals surface area (Å²) in [6.07, 6.45) is 1.02. The number of hydrogen-bond acceptors (Lipinski definition) is 3. The first kappa shape index (κ1) is 13.2. The largest absolute Gasteiger partial charge is 0.488 e. The van der Waals surface area contributed by atoms with Gasteiger partial charge in [-0.2, -0.15) is 0 Å². The second-order valence-electron chi connectivity index (χ2n) is 3.84. The molecule has 2 nitrogen and oxygen atoms in total. The molecule has 0 bridgehead atoms. The number of hydrogen-bond donors (Lipinski definition) is 1. The Bertz CT molecular complexity index is 355. The Hall–Kier alpha value is -0.900. The highest BCUT2D eigenvalue weighted by Crippen LogP contribution is 2.32. The third kappa shape index (κ3) is 3.59. The lowest BCUT2D eigenvalue weighted by Crippen LogP contribution is -2.07. The predicted molar refractivity (Wildman–Crippen MR) is 67.6 cm³/mol. The van der Waals surface area contributed by atoms with Crippen LogP contribution in [0.3, 0.4) is 0 Å². The topological polar surface area (TPSA) is 35.2 Å². The Morgan fingerprint density at radius 3 is 2.69 bits per heavy atom. The monoisotopic (exact) mass is 243 g/mol. The van der Waals surface area contributed by atoms with Crippen LogP contribution in [0.25, 0.3) is 0 Å². The molecule has 0 aromatic heterocycles. The van der Waals surface area contributed by atoms with Crippen LogP contribution in [0, 0.1) is 5.82 Å². The second kappa shape index (κ2) is 5.99. The minimum Gasteiger partial charge on any atom is -0.488 e. The van der Waals surface area contributed by atoms with Gasteiger partial charge in [-0.25, -0.2) is 4.39 Å². The lowest BCUT2D eigenvalue weighted by atomic mass is 10.3. The third-order valence-corrected chi connectivity index (χ3v) is 3.17. The Morgan fingerprint density at radius 1 is 1.44 bits per heavy atom. The van der Waals surface area contributed by atoms with E-state index >= 15 is 0 Å². The summed E-state index contributed by atoms with van der Waals surface area (Å²) in [4.78, 5) is 0.888. The van der Waals surface area contributed by atoms with E-state index in [-0.39, 0.29) is 11.9 Å². The molecular weight excluding hydrogens is 225 g/mol. The maximum Gasteiger partial charge on any atom is 0.167 e. The molecule has 0 heterocycles. The summed E-state index contributed by atoms with van der Waals surface area (Å²) < 4.78 is 18.9. The molecule has 2 N–H and O–H groups in total. The number of benzene rings is 1. The van der Waals surface area contributed by atoms with Crippen molar-refractivity contribution in [3.8, 4) is 5.75 Å². The van der Waals surface area contributed by atoms with Gasteiger partial charge >= 0.3 is 0 Å². The summed E-state index contributed by atoms with van der Waals surface area (Å²) in [7, 11) is 0. The van der Waals surface area contributed by atoms with E-state index in [1.165, 1.54) is 6.07 Å². The molecule has 0 atom stereocenters. The number of ether oxygens (including phenoxy) is 1. The lowest BCUT2D eigenvalue weighted by Gasteiger charge is -2.13. The molecule has 0 saturated carbocycles. The molecule has 0 radical (unpaired) electrons. The summed E-state index contributed by atoms with van der Waals surface area (Å²) in [5, 5.41) is 0. The molecule has 0 spiro atoms. The van der Waals surface area contributed by atoms with Gasteiger partial charge in [0, 0.05) is 16.6 Å². The van der Waals surface area contributed by atoms with Crippen LogP contribution in [-0.4, -0.2) is 11.9 Å². The number of nitrogens with two attached hydrogens (primary N) is 1. The van der Waals surface area contributed by atoms with Crippen molar-refractivity contribution in [1.82, 2.24) is 0 Å². The summed E-state index contributed by atoms with van der Waals surface area (Å²) >= 11 is 1.63. The number of nitrogen functional groups attached to an aromatic ring is 1. The van der Waals surface area contributed by atoms with Crippen molar-refractivity contribution in [2.45, 2.75) is 38.2 Å². The first-order valence-corrected chi connectivity index (χ1v) is 6.41. The SMILES string of the molecule is CCCSc1cc(OC(C)C)c(F)cc1N. The normalized spacial score (nSPS) is 10.8. The van der Waals surface area contributed by atoms with E-state index in [1.54, 1.807) is 17.8 Å². The Labute approximate surface area is 100 Å². The fourth-order valence-corrected chi connectivity index (χ4v) is 2.07. The van der Waals surface area contributed by atoms with E-state index in [4.69, 9.17) is 10.5 Å². The zero-order valence-electron chi connectivity index (χ0n) is 9.92. The first-order chi connectivity index (χ1) is 7.54. The highest BCUT2D eigenvalue weighted by atomic mass is 32.2. The molecule has 0 amide bonds. The fourth-order valence-electron chi connectivity index (χ4n) is 1.23. The van der Waals surface area contributed by atoms with Crippen LogP contribution in [0.1, 0.15) is 27.2 Å². The molecule has 0 aliphatic carbocycles. The van der Waals surface area contributed by atoms with Gasteiger partial charge in [0.1, 0.15) is 0 Å². The van der Waals surface area contributed by atoms with Crippen molar-refractivity contribution in [3.63, 3.8) is 0 Å². The quantitative estimate of drug-likeness (QED) is 0.632. The summed E-state index contributed by atoms with van der Waals surface area (Å²) in [5.41, 5.74) is 6.22. The number of rotatable bonds is 5. The van der Waals surface area contributed by atoms with E-state index in [0.717, 1.165) is 17.1 Å². The molecule has 1 aromatic carbocycles. The van der Waals surface area contributed by atoms with Crippen LogP contribution in [0.4, 0.5) is 10.1 Å². The van der Waals surface area contributed by atoms with Gasteiger partial charge in [0.15, 0.2) is 11.6 Å². The number of halogens is 1. The fraction of sp³-hybridized carbons (Fsp3) is 0.500. The minimum absolute atomic E-state index is 0.0397. The van der Waals surface area contributed by atoms with E-state index in [1.807, 2.05) is 13.8 Å². The van der Waals surface area contributed by atoms with E-state index in [2.05, 4.69) is 6.92 Å². The Balaban J connectivity index is 2.92. The molecular formula is C12H18FNOS. The molecule has 4 heteroatoms. The van der Waals surface area contributed by atoms with Gasteiger partial charge in [0.05, 0.1) is 6.10 Å².